The number of hydrogen-bond acceptors (Lipinski definition) is 8. The van der Waals surface area contributed by atoms with Crippen molar-refractivity contribution in [2.75, 3.05) is 26.4 Å². The highest BCUT2D eigenvalue weighted by atomic mass is 31.2. The van der Waals surface area contributed by atoms with E-state index in [9.17, 15) is 19.0 Å². The molecule has 0 bridgehead atoms. The zero-order valence-electron chi connectivity index (χ0n) is 31.2. The summed E-state index contributed by atoms with van der Waals surface area (Å²) in [5.74, 6) is -0.820. The van der Waals surface area contributed by atoms with Gasteiger partial charge >= 0.3 is 19.8 Å². The summed E-state index contributed by atoms with van der Waals surface area (Å²) in [6.45, 7) is 3.73. The van der Waals surface area contributed by atoms with Crippen molar-refractivity contribution in [3.63, 3.8) is 0 Å². The molecule has 0 aromatic rings. The molecule has 0 saturated heterocycles. The number of phosphoric acid groups is 1. The van der Waals surface area contributed by atoms with Gasteiger partial charge in [0.05, 0.1) is 13.2 Å². The van der Waals surface area contributed by atoms with Gasteiger partial charge in [0, 0.05) is 19.4 Å². The summed E-state index contributed by atoms with van der Waals surface area (Å²) in [5.41, 5.74) is 5.33. The molecule has 1 unspecified atom stereocenters. The first kappa shape index (κ1) is 47.0. The topological polar surface area (TPSA) is 134 Å². The molecule has 0 heterocycles. The Balaban J connectivity index is 4.06. The van der Waals surface area contributed by atoms with Gasteiger partial charge in [0.2, 0.25) is 0 Å². The number of hydrogen-bond donors (Lipinski definition) is 2. The normalized spacial score (nSPS) is 13.3. The van der Waals surface area contributed by atoms with E-state index in [0.717, 1.165) is 32.1 Å². The molecule has 2 atom stereocenters. The minimum Gasteiger partial charge on any atom is -0.462 e. The van der Waals surface area contributed by atoms with Crippen molar-refractivity contribution in [2.45, 2.75) is 206 Å². The number of esters is 2. The fourth-order valence-electron chi connectivity index (χ4n) is 5.75. The van der Waals surface area contributed by atoms with Crippen LogP contribution in [0.3, 0.4) is 0 Å². The van der Waals surface area contributed by atoms with E-state index in [1.54, 1.807) is 0 Å². The molecule has 10 heteroatoms. The number of nitrogens with two attached hydrogens (primary N) is 1. The van der Waals surface area contributed by atoms with Crippen LogP contribution in [0, 0.1) is 0 Å². The third-order valence-electron chi connectivity index (χ3n) is 8.74. The van der Waals surface area contributed by atoms with Crippen LogP contribution in [0.2, 0.25) is 0 Å². The van der Waals surface area contributed by atoms with E-state index < -0.39 is 26.5 Å². The van der Waals surface area contributed by atoms with E-state index in [-0.39, 0.29) is 38.6 Å². The second-order valence-corrected chi connectivity index (χ2v) is 15.0. The Morgan fingerprint density at radius 1 is 0.542 bits per heavy atom. The van der Waals surface area contributed by atoms with Gasteiger partial charge in [0.1, 0.15) is 6.61 Å². The molecule has 9 nitrogen and oxygen atoms in total. The van der Waals surface area contributed by atoms with Crippen LogP contribution in [-0.2, 0) is 32.7 Å². The monoisotopic (exact) mass is 706 g/mol. The average Bonchev–Trinajstić information content (AvgIpc) is 3.07. The second kappa shape index (κ2) is 35.8. The van der Waals surface area contributed by atoms with Crippen LogP contribution in [0.4, 0.5) is 0 Å². The molecular weight excluding hydrogens is 629 g/mol. The van der Waals surface area contributed by atoms with Gasteiger partial charge in [-0.05, 0) is 12.8 Å². The van der Waals surface area contributed by atoms with Crippen LogP contribution in [0.15, 0.2) is 0 Å². The maximum atomic E-state index is 12.5. The molecular formula is C38H76NO8P. The fraction of sp³-hybridized carbons (Fsp3) is 0.947. The smallest absolute Gasteiger partial charge is 0.462 e. The van der Waals surface area contributed by atoms with Crippen molar-refractivity contribution in [3.05, 3.63) is 0 Å². The molecule has 286 valence electrons. The zero-order valence-corrected chi connectivity index (χ0v) is 32.1. The van der Waals surface area contributed by atoms with Crippen LogP contribution >= 0.6 is 7.82 Å². The van der Waals surface area contributed by atoms with Crippen LogP contribution < -0.4 is 5.73 Å². The van der Waals surface area contributed by atoms with E-state index in [4.69, 9.17) is 24.3 Å². The van der Waals surface area contributed by atoms with E-state index in [1.807, 2.05) is 0 Å². The minimum absolute atomic E-state index is 0.0577. The zero-order chi connectivity index (χ0) is 35.4. The van der Waals surface area contributed by atoms with Gasteiger partial charge < -0.3 is 20.1 Å². The Labute approximate surface area is 295 Å². The standard InChI is InChI=1S/C38H76NO8P/c1-3-5-7-9-11-13-14-15-16-17-18-19-20-21-23-24-26-28-30-37(40)44-34-36(35-46-48(42,43)45-33-32-39)47-38(41)31-29-27-25-22-12-10-8-6-4-2/h36H,3-35,39H2,1-2H3,(H,42,43)/t36-/m1/s1. The van der Waals surface area contributed by atoms with Gasteiger partial charge in [0.25, 0.3) is 0 Å². The molecule has 3 N–H and O–H groups in total. The Morgan fingerprint density at radius 2 is 0.896 bits per heavy atom. The van der Waals surface area contributed by atoms with Crippen LogP contribution in [0.5, 0.6) is 0 Å². The van der Waals surface area contributed by atoms with Crippen LogP contribution in [-0.4, -0.2) is 49.3 Å². The van der Waals surface area contributed by atoms with Gasteiger partial charge in [-0.2, -0.15) is 0 Å². The lowest BCUT2D eigenvalue weighted by molar-refractivity contribution is -0.161. The average molecular weight is 706 g/mol. The number of phosphoric ester groups is 1. The number of carbonyl (C=O) groups excluding carboxylic acids is 2. The molecule has 48 heavy (non-hydrogen) atoms. The highest BCUT2D eigenvalue weighted by Gasteiger charge is 2.26. The number of rotatable bonds is 38. The molecule has 0 aromatic carbocycles. The van der Waals surface area contributed by atoms with Gasteiger partial charge in [-0.25, -0.2) is 4.57 Å². The summed E-state index contributed by atoms with van der Waals surface area (Å²) in [7, 11) is -4.36. The van der Waals surface area contributed by atoms with Gasteiger partial charge in [-0.3, -0.25) is 18.6 Å². The quantitative estimate of drug-likeness (QED) is 0.0365. The van der Waals surface area contributed by atoms with E-state index in [2.05, 4.69) is 13.8 Å². The summed E-state index contributed by atoms with van der Waals surface area (Å²) < 4.78 is 32.6. The third-order valence-corrected chi connectivity index (χ3v) is 9.73. The highest BCUT2D eigenvalue weighted by molar-refractivity contribution is 7.47. The first-order chi connectivity index (χ1) is 23.3. The molecule has 0 aliphatic rings. The van der Waals surface area contributed by atoms with Crippen molar-refractivity contribution in [2.24, 2.45) is 5.73 Å². The largest absolute Gasteiger partial charge is 0.472 e. The maximum Gasteiger partial charge on any atom is 0.472 e. The maximum absolute atomic E-state index is 12.5. The van der Waals surface area contributed by atoms with E-state index in [0.29, 0.717) is 6.42 Å². The molecule has 0 amide bonds. The van der Waals surface area contributed by atoms with Crippen molar-refractivity contribution in [1.82, 2.24) is 0 Å². The molecule has 0 aliphatic heterocycles. The summed E-state index contributed by atoms with van der Waals surface area (Å²) in [4.78, 5) is 34.6. The molecule has 0 spiro atoms. The van der Waals surface area contributed by atoms with Crippen LogP contribution in [0.1, 0.15) is 200 Å². The first-order valence-corrected chi connectivity index (χ1v) is 21.5. The Bertz CT molecular complexity index is 769. The summed E-state index contributed by atoms with van der Waals surface area (Å²) in [5, 5.41) is 0. The third kappa shape index (κ3) is 34.9. The lowest BCUT2D eigenvalue weighted by Gasteiger charge is -2.19. The van der Waals surface area contributed by atoms with Gasteiger partial charge in [-0.15, -0.1) is 0 Å². The first-order valence-electron chi connectivity index (χ1n) is 20.0. The summed E-state index contributed by atoms with van der Waals surface area (Å²) in [6, 6.07) is 0. The second-order valence-electron chi connectivity index (χ2n) is 13.5. The molecule has 0 aromatic heterocycles. The van der Waals surface area contributed by atoms with Crippen molar-refractivity contribution in [1.29, 1.82) is 0 Å². The molecule has 0 rings (SSSR count). The van der Waals surface area contributed by atoms with Gasteiger partial charge in [0.15, 0.2) is 6.10 Å². The predicted octanol–water partition coefficient (Wildman–Crippen LogP) is 10.9. The summed E-state index contributed by atoms with van der Waals surface area (Å²) >= 11 is 0. The van der Waals surface area contributed by atoms with Crippen molar-refractivity contribution >= 4 is 19.8 Å². The lowest BCUT2D eigenvalue weighted by atomic mass is 10.0. The highest BCUT2D eigenvalue weighted by Crippen LogP contribution is 2.43. The van der Waals surface area contributed by atoms with Crippen molar-refractivity contribution in [3.8, 4) is 0 Å². The minimum atomic E-state index is -4.36. The lowest BCUT2D eigenvalue weighted by Crippen LogP contribution is -2.29. The molecule has 0 saturated carbocycles. The molecule has 0 aliphatic carbocycles. The van der Waals surface area contributed by atoms with Crippen molar-refractivity contribution < 1.29 is 37.6 Å². The Hall–Kier alpha value is -0.990. The number of ether oxygens (including phenoxy) is 2. The summed E-state index contributed by atoms with van der Waals surface area (Å²) in [6.07, 6.45) is 32.8. The molecule has 0 radical (unpaired) electrons. The number of carbonyl (C=O) groups is 2. The number of unbranched alkanes of at least 4 members (excludes halogenated alkanes) is 25. The van der Waals surface area contributed by atoms with Crippen LogP contribution in [0.25, 0.3) is 0 Å². The van der Waals surface area contributed by atoms with Gasteiger partial charge in [-0.1, -0.05) is 174 Å². The van der Waals surface area contributed by atoms with E-state index in [1.165, 1.54) is 135 Å². The Kier molecular flexibility index (Phi) is 35.1. The SMILES string of the molecule is CCCCCCCCCCCCCCCCCCCCC(=O)OC[C@H](COP(=O)(O)OCCN)OC(=O)CCCCCCCCCCC. The van der Waals surface area contributed by atoms with E-state index >= 15 is 0 Å². The fourth-order valence-corrected chi connectivity index (χ4v) is 6.52. The predicted molar refractivity (Wildman–Crippen MR) is 197 cm³/mol. The Morgan fingerprint density at radius 3 is 1.27 bits per heavy atom. The molecule has 0 fully saturated rings.